The van der Waals surface area contributed by atoms with Gasteiger partial charge in [-0.2, -0.15) is 0 Å². The second-order valence-electron chi connectivity index (χ2n) is 5.85. The molecule has 18 heavy (non-hydrogen) atoms. The molecule has 0 amide bonds. The van der Waals surface area contributed by atoms with Gasteiger partial charge in [-0.15, -0.1) is 0 Å². The highest BCUT2D eigenvalue weighted by Crippen LogP contribution is 2.27. The highest BCUT2D eigenvalue weighted by molar-refractivity contribution is 5.13. The fourth-order valence-electron chi connectivity index (χ4n) is 2.92. The Labute approximate surface area is 110 Å². The molecule has 0 saturated carbocycles. The fourth-order valence-corrected chi connectivity index (χ4v) is 2.92. The minimum atomic E-state index is 0.571. The van der Waals surface area contributed by atoms with E-state index in [2.05, 4.69) is 42.8 Å². The van der Waals surface area contributed by atoms with Gasteiger partial charge in [0.1, 0.15) is 0 Å². The number of aromatic nitrogens is 1. The molecular weight excluding hydrogens is 222 g/mol. The summed E-state index contributed by atoms with van der Waals surface area (Å²) in [6, 6.07) is 4.85. The molecule has 0 radical (unpaired) electrons. The van der Waals surface area contributed by atoms with Crippen LogP contribution in [0.1, 0.15) is 38.4 Å². The normalized spacial score (nSPS) is 29.4. The van der Waals surface area contributed by atoms with E-state index < -0.39 is 0 Å². The largest absolute Gasteiger partial charge is 0.326 e. The molecule has 0 aromatic carbocycles. The summed E-state index contributed by atoms with van der Waals surface area (Å²) in [7, 11) is 0. The topological polar surface area (TPSA) is 42.1 Å². The Balaban J connectivity index is 2.02. The molecule has 1 fully saturated rings. The van der Waals surface area contributed by atoms with E-state index in [-0.39, 0.29) is 0 Å². The SMILES string of the molecule is CC1CC(C)C(C)N(Cc2ccc(CN)cn2)C1. The van der Waals surface area contributed by atoms with Crippen molar-refractivity contribution in [1.29, 1.82) is 0 Å². The molecule has 3 nitrogen and oxygen atoms in total. The van der Waals surface area contributed by atoms with Gasteiger partial charge >= 0.3 is 0 Å². The zero-order valence-electron chi connectivity index (χ0n) is 11.8. The summed E-state index contributed by atoms with van der Waals surface area (Å²) in [5.74, 6) is 1.57. The van der Waals surface area contributed by atoms with Crippen molar-refractivity contribution in [1.82, 2.24) is 9.88 Å². The molecule has 2 heterocycles. The molecule has 1 saturated heterocycles. The smallest absolute Gasteiger partial charge is 0.0544 e. The first-order chi connectivity index (χ1) is 8.60. The molecule has 3 heteroatoms. The third kappa shape index (κ3) is 3.09. The van der Waals surface area contributed by atoms with E-state index in [9.17, 15) is 0 Å². The van der Waals surface area contributed by atoms with Crippen LogP contribution >= 0.6 is 0 Å². The molecule has 1 aromatic rings. The first kappa shape index (κ1) is 13.5. The summed E-state index contributed by atoms with van der Waals surface area (Å²) in [6.45, 7) is 9.76. The summed E-state index contributed by atoms with van der Waals surface area (Å²) in [4.78, 5) is 7.07. The fraction of sp³-hybridized carbons (Fsp3) is 0.667. The lowest BCUT2D eigenvalue weighted by Crippen LogP contribution is -2.45. The second-order valence-corrected chi connectivity index (χ2v) is 5.85. The lowest BCUT2D eigenvalue weighted by atomic mass is 9.86. The summed E-state index contributed by atoms with van der Waals surface area (Å²) < 4.78 is 0. The summed E-state index contributed by atoms with van der Waals surface area (Å²) in [5.41, 5.74) is 7.85. The third-order valence-electron chi connectivity index (χ3n) is 4.21. The van der Waals surface area contributed by atoms with Crippen LogP contribution in [-0.4, -0.2) is 22.5 Å². The van der Waals surface area contributed by atoms with Gasteiger partial charge in [0.2, 0.25) is 0 Å². The van der Waals surface area contributed by atoms with E-state index in [0.717, 1.165) is 29.6 Å². The maximum Gasteiger partial charge on any atom is 0.0544 e. The van der Waals surface area contributed by atoms with Crippen LogP contribution in [0.5, 0.6) is 0 Å². The maximum atomic E-state index is 5.59. The Bertz CT molecular complexity index is 374. The summed E-state index contributed by atoms with van der Waals surface area (Å²) in [6.07, 6.45) is 3.24. The van der Waals surface area contributed by atoms with E-state index in [0.29, 0.717) is 12.6 Å². The van der Waals surface area contributed by atoms with Crippen LogP contribution in [0.3, 0.4) is 0 Å². The van der Waals surface area contributed by atoms with Crippen LogP contribution in [0.15, 0.2) is 18.3 Å². The third-order valence-corrected chi connectivity index (χ3v) is 4.21. The van der Waals surface area contributed by atoms with Crippen molar-refractivity contribution in [3.63, 3.8) is 0 Å². The molecule has 1 aliphatic rings. The van der Waals surface area contributed by atoms with Crippen LogP contribution < -0.4 is 5.73 Å². The van der Waals surface area contributed by atoms with Gasteiger partial charge in [0.15, 0.2) is 0 Å². The monoisotopic (exact) mass is 247 g/mol. The van der Waals surface area contributed by atoms with Crippen molar-refractivity contribution in [3.8, 4) is 0 Å². The average Bonchev–Trinajstić information content (AvgIpc) is 2.36. The Kier molecular flexibility index (Phi) is 4.36. The summed E-state index contributed by atoms with van der Waals surface area (Å²) >= 11 is 0. The lowest BCUT2D eigenvalue weighted by molar-refractivity contribution is 0.0718. The Morgan fingerprint density at radius 3 is 2.72 bits per heavy atom. The lowest BCUT2D eigenvalue weighted by Gasteiger charge is -2.40. The summed E-state index contributed by atoms with van der Waals surface area (Å²) in [5, 5.41) is 0. The average molecular weight is 247 g/mol. The van der Waals surface area contributed by atoms with Crippen molar-refractivity contribution in [2.75, 3.05) is 6.54 Å². The van der Waals surface area contributed by atoms with E-state index >= 15 is 0 Å². The molecule has 3 atom stereocenters. The van der Waals surface area contributed by atoms with Crippen LogP contribution in [-0.2, 0) is 13.1 Å². The number of hydrogen-bond donors (Lipinski definition) is 1. The van der Waals surface area contributed by atoms with Crippen LogP contribution in [0.25, 0.3) is 0 Å². The number of nitrogens with two attached hydrogens (primary N) is 1. The van der Waals surface area contributed by atoms with Crippen molar-refractivity contribution >= 4 is 0 Å². The highest BCUT2D eigenvalue weighted by Gasteiger charge is 2.28. The predicted molar refractivity (Wildman–Crippen MR) is 74.9 cm³/mol. The van der Waals surface area contributed by atoms with Crippen molar-refractivity contribution < 1.29 is 0 Å². The maximum absolute atomic E-state index is 5.59. The number of hydrogen-bond acceptors (Lipinski definition) is 3. The molecule has 3 unspecified atom stereocenters. The van der Waals surface area contributed by atoms with Crippen molar-refractivity contribution in [2.45, 2.75) is 46.3 Å². The van der Waals surface area contributed by atoms with Crippen LogP contribution in [0.2, 0.25) is 0 Å². The minimum absolute atomic E-state index is 0.571. The van der Waals surface area contributed by atoms with Gasteiger partial charge in [-0.1, -0.05) is 19.9 Å². The van der Waals surface area contributed by atoms with Gasteiger partial charge in [0.05, 0.1) is 5.69 Å². The molecule has 0 spiro atoms. The molecule has 1 aromatic heterocycles. The molecular formula is C15H25N3. The Morgan fingerprint density at radius 2 is 2.11 bits per heavy atom. The van der Waals surface area contributed by atoms with E-state index in [1.54, 1.807) is 0 Å². The Morgan fingerprint density at radius 1 is 1.33 bits per heavy atom. The zero-order valence-corrected chi connectivity index (χ0v) is 11.8. The van der Waals surface area contributed by atoms with Gasteiger partial charge in [-0.3, -0.25) is 9.88 Å². The number of piperidine rings is 1. The van der Waals surface area contributed by atoms with E-state index in [1.807, 2.05) is 6.20 Å². The van der Waals surface area contributed by atoms with E-state index in [1.165, 1.54) is 13.0 Å². The first-order valence-corrected chi connectivity index (χ1v) is 6.98. The van der Waals surface area contributed by atoms with Gasteiger partial charge in [-0.05, 0) is 36.8 Å². The van der Waals surface area contributed by atoms with E-state index in [4.69, 9.17) is 5.73 Å². The quantitative estimate of drug-likeness (QED) is 0.892. The van der Waals surface area contributed by atoms with Crippen LogP contribution in [0, 0.1) is 11.8 Å². The van der Waals surface area contributed by atoms with Gasteiger partial charge in [-0.25, -0.2) is 0 Å². The zero-order chi connectivity index (χ0) is 13.1. The second kappa shape index (κ2) is 5.81. The van der Waals surface area contributed by atoms with Crippen molar-refractivity contribution in [2.24, 2.45) is 17.6 Å². The molecule has 0 bridgehead atoms. The molecule has 100 valence electrons. The molecule has 1 aliphatic heterocycles. The number of pyridine rings is 1. The highest BCUT2D eigenvalue weighted by atomic mass is 15.2. The Hall–Kier alpha value is -0.930. The van der Waals surface area contributed by atoms with Gasteiger partial charge in [0.25, 0.3) is 0 Å². The number of likely N-dealkylation sites (tertiary alicyclic amines) is 1. The molecule has 2 rings (SSSR count). The number of rotatable bonds is 3. The predicted octanol–water partition coefficient (Wildman–Crippen LogP) is 2.41. The molecule has 0 aliphatic carbocycles. The standard InChI is InChI=1S/C15H25N3/c1-11-6-12(2)13(3)18(9-11)10-15-5-4-14(7-16)8-17-15/h4-5,8,11-13H,6-7,9-10,16H2,1-3H3. The minimum Gasteiger partial charge on any atom is -0.326 e. The van der Waals surface area contributed by atoms with Gasteiger partial charge in [0, 0.05) is 31.9 Å². The molecule has 2 N–H and O–H groups in total. The van der Waals surface area contributed by atoms with Crippen molar-refractivity contribution in [3.05, 3.63) is 29.6 Å². The van der Waals surface area contributed by atoms with Crippen LogP contribution in [0.4, 0.5) is 0 Å². The first-order valence-electron chi connectivity index (χ1n) is 6.98. The number of nitrogens with zero attached hydrogens (tertiary/aromatic N) is 2. The van der Waals surface area contributed by atoms with Gasteiger partial charge < -0.3 is 5.73 Å².